The molecule has 0 aliphatic heterocycles. The number of aryl methyl sites for hydroxylation is 1. The van der Waals surface area contributed by atoms with E-state index < -0.39 is 28.2 Å². The molecule has 146 valence electrons. The third-order valence-electron chi connectivity index (χ3n) is 4.63. The third-order valence-corrected chi connectivity index (χ3v) is 5.86. The SMILES string of the molecule is C=C1CC(C(=O)OCC)(C(=O)OCC)CC/C1=C\S(=O)c1ccc(C)cc1. The number of hydrogen-bond donors (Lipinski definition) is 0. The summed E-state index contributed by atoms with van der Waals surface area (Å²) in [5, 5.41) is 1.66. The van der Waals surface area contributed by atoms with Crippen molar-refractivity contribution in [1.82, 2.24) is 0 Å². The summed E-state index contributed by atoms with van der Waals surface area (Å²) in [6.07, 6.45) is 0.774. The monoisotopic (exact) mass is 390 g/mol. The minimum Gasteiger partial charge on any atom is -0.465 e. The summed E-state index contributed by atoms with van der Waals surface area (Å²) in [5.74, 6) is -1.16. The number of hydrogen-bond acceptors (Lipinski definition) is 5. The smallest absolute Gasteiger partial charge is 0.323 e. The van der Waals surface area contributed by atoms with Gasteiger partial charge in [0.2, 0.25) is 0 Å². The normalized spacial score (nSPS) is 18.8. The van der Waals surface area contributed by atoms with Crippen LogP contribution in [0.1, 0.15) is 38.7 Å². The molecule has 1 saturated carbocycles. The average molecular weight is 391 g/mol. The van der Waals surface area contributed by atoms with Crippen molar-refractivity contribution in [2.75, 3.05) is 13.2 Å². The van der Waals surface area contributed by atoms with Gasteiger partial charge in [-0.25, -0.2) is 4.21 Å². The second-order valence-corrected chi connectivity index (χ2v) is 7.86. The lowest BCUT2D eigenvalue weighted by molar-refractivity contribution is -0.173. The van der Waals surface area contributed by atoms with Gasteiger partial charge in [-0.05, 0) is 63.3 Å². The van der Waals surface area contributed by atoms with E-state index in [9.17, 15) is 13.8 Å². The zero-order valence-electron chi connectivity index (χ0n) is 16.1. The zero-order valence-corrected chi connectivity index (χ0v) is 16.9. The molecule has 1 atom stereocenters. The van der Waals surface area contributed by atoms with Crippen LogP contribution < -0.4 is 0 Å². The first-order valence-corrected chi connectivity index (χ1v) is 10.3. The number of carbonyl (C=O) groups excluding carboxylic acids is 2. The van der Waals surface area contributed by atoms with E-state index in [2.05, 4.69) is 6.58 Å². The van der Waals surface area contributed by atoms with Gasteiger partial charge in [0.15, 0.2) is 5.41 Å². The fourth-order valence-corrected chi connectivity index (χ4v) is 4.16. The molecule has 0 aromatic heterocycles. The molecule has 2 rings (SSSR count). The first-order chi connectivity index (χ1) is 12.8. The van der Waals surface area contributed by atoms with Gasteiger partial charge in [0.05, 0.1) is 24.0 Å². The Bertz CT molecular complexity index is 758. The van der Waals surface area contributed by atoms with Crippen molar-refractivity contribution in [2.45, 2.75) is 44.9 Å². The van der Waals surface area contributed by atoms with Crippen molar-refractivity contribution in [3.63, 3.8) is 0 Å². The summed E-state index contributed by atoms with van der Waals surface area (Å²) in [7, 11) is -1.32. The van der Waals surface area contributed by atoms with Crippen LogP contribution in [-0.2, 0) is 29.9 Å². The van der Waals surface area contributed by atoms with Crippen LogP contribution in [0.4, 0.5) is 0 Å². The Labute approximate surface area is 162 Å². The molecule has 1 aromatic rings. The molecule has 1 unspecified atom stereocenters. The highest BCUT2D eigenvalue weighted by Crippen LogP contribution is 2.43. The predicted octanol–water partition coefficient (Wildman–Crippen LogP) is 3.84. The highest BCUT2D eigenvalue weighted by molar-refractivity contribution is 7.88. The highest BCUT2D eigenvalue weighted by atomic mass is 32.2. The number of benzene rings is 1. The largest absolute Gasteiger partial charge is 0.465 e. The molecule has 0 N–H and O–H groups in total. The maximum Gasteiger partial charge on any atom is 0.323 e. The van der Waals surface area contributed by atoms with Crippen LogP contribution in [0.25, 0.3) is 0 Å². The molecule has 27 heavy (non-hydrogen) atoms. The van der Waals surface area contributed by atoms with Crippen LogP contribution in [0.3, 0.4) is 0 Å². The second kappa shape index (κ2) is 9.13. The Hall–Kier alpha value is -2.21. The van der Waals surface area contributed by atoms with Gasteiger partial charge in [0, 0.05) is 10.3 Å². The Balaban J connectivity index is 2.24. The van der Waals surface area contributed by atoms with Crippen molar-refractivity contribution in [3.8, 4) is 0 Å². The summed E-state index contributed by atoms with van der Waals surface area (Å²) in [6, 6.07) is 7.48. The summed E-state index contributed by atoms with van der Waals surface area (Å²) < 4.78 is 22.9. The van der Waals surface area contributed by atoms with E-state index in [0.29, 0.717) is 16.9 Å². The Morgan fingerprint density at radius 2 is 1.70 bits per heavy atom. The topological polar surface area (TPSA) is 69.7 Å². The van der Waals surface area contributed by atoms with E-state index in [4.69, 9.17) is 9.47 Å². The van der Waals surface area contributed by atoms with Gasteiger partial charge < -0.3 is 9.47 Å². The maximum atomic E-state index is 12.6. The summed E-state index contributed by atoms with van der Waals surface area (Å²) in [6.45, 7) is 9.76. The molecular formula is C21H26O5S. The van der Waals surface area contributed by atoms with Crippen LogP contribution >= 0.6 is 0 Å². The van der Waals surface area contributed by atoms with E-state index in [1.54, 1.807) is 19.3 Å². The zero-order chi connectivity index (χ0) is 20.0. The predicted molar refractivity (Wildman–Crippen MR) is 104 cm³/mol. The third kappa shape index (κ3) is 4.75. The van der Waals surface area contributed by atoms with Gasteiger partial charge in [-0.15, -0.1) is 0 Å². The van der Waals surface area contributed by atoms with Crippen molar-refractivity contribution in [1.29, 1.82) is 0 Å². The summed E-state index contributed by atoms with van der Waals surface area (Å²) in [4.78, 5) is 25.7. The van der Waals surface area contributed by atoms with Crippen molar-refractivity contribution in [2.24, 2.45) is 5.41 Å². The lowest BCUT2D eigenvalue weighted by atomic mass is 9.70. The van der Waals surface area contributed by atoms with E-state index in [1.807, 2.05) is 31.2 Å². The van der Waals surface area contributed by atoms with Crippen LogP contribution in [0, 0.1) is 12.3 Å². The number of carbonyl (C=O) groups is 2. The first kappa shape index (κ1) is 21.1. The molecule has 0 amide bonds. The highest BCUT2D eigenvalue weighted by Gasteiger charge is 2.51. The lowest BCUT2D eigenvalue weighted by Crippen LogP contribution is -2.44. The molecule has 1 aliphatic rings. The van der Waals surface area contributed by atoms with Gasteiger partial charge in [-0.2, -0.15) is 0 Å². The lowest BCUT2D eigenvalue weighted by Gasteiger charge is -2.34. The molecule has 6 heteroatoms. The summed E-state index contributed by atoms with van der Waals surface area (Å²) >= 11 is 0. The molecule has 1 aromatic carbocycles. The first-order valence-electron chi connectivity index (χ1n) is 9.04. The summed E-state index contributed by atoms with van der Waals surface area (Å²) in [5.41, 5.74) is 1.14. The molecule has 0 heterocycles. The molecule has 1 fully saturated rings. The average Bonchev–Trinajstić information content (AvgIpc) is 2.64. The minimum atomic E-state index is -1.37. The van der Waals surface area contributed by atoms with E-state index >= 15 is 0 Å². The van der Waals surface area contributed by atoms with Crippen molar-refractivity contribution >= 4 is 22.7 Å². The minimum absolute atomic E-state index is 0.113. The molecule has 1 aliphatic carbocycles. The van der Waals surface area contributed by atoms with Crippen molar-refractivity contribution in [3.05, 3.63) is 53.0 Å². The fourth-order valence-electron chi connectivity index (χ4n) is 3.07. The molecule has 0 saturated heterocycles. The maximum absolute atomic E-state index is 12.6. The second-order valence-electron chi connectivity index (χ2n) is 6.56. The van der Waals surface area contributed by atoms with Gasteiger partial charge in [0.1, 0.15) is 0 Å². The van der Waals surface area contributed by atoms with Gasteiger partial charge in [-0.1, -0.05) is 24.3 Å². The van der Waals surface area contributed by atoms with E-state index in [1.165, 1.54) is 0 Å². The molecule has 0 spiro atoms. The molecule has 0 bridgehead atoms. The number of esters is 2. The van der Waals surface area contributed by atoms with Crippen LogP contribution in [0.15, 0.2) is 52.3 Å². The number of rotatable bonds is 6. The molecule has 0 radical (unpaired) electrons. The van der Waals surface area contributed by atoms with Crippen molar-refractivity contribution < 1.29 is 23.3 Å². The quantitative estimate of drug-likeness (QED) is 0.545. The number of allylic oxidation sites excluding steroid dienone is 2. The van der Waals surface area contributed by atoms with Gasteiger partial charge >= 0.3 is 11.9 Å². The van der Waals surface area contributed by atoms with Crippen LogP contribution in [0.2, 0.25) is 0 Å². The van der Waals surface area contributed by atoms with Gasteiger partial charge in [0.25, 0.3) is 0 Å². The van der Waals surface area contributed by atoms with Gasteiger partial charge in [-0.3, -0.25) is 9.59 Å². The Morgan fingerprint density at radius 1 is 1.15 bits per heavy atom. The van der Waals surface area contributed by atoms with Crippen LogP contribution in [0.5, 0.6) is 0 Å². The Morgan fingerprint density at radius 3 is 2.19 bits per heavy atom. The Kier molecular flexibility index (Phi) is 7.13. The van der Waals surface area contributed by atoms with E-state index in [0.717, 1.165) is 11.1 Å². The molecule has 5 nitrogen and oxygen atoms in total. The standard InChI is InChI=1S/C21H26O5S/c1-5-25-19(22)21(20(23)26-6-2)12-11-17(16(4)13-21)14-27(24)18-9-7-15(3)8-10-18/h7-10,14H,4-6,11-13H2,1-3H3/b17-14+. The van der Waals surface area contributed by atoms with Crippen LogP contribution in [-0.4, -0.2) is 29.4 Å². The van der Waals surface area contributed by atoms with E-state index in [-0.39, 0.29) is 26.1 Å². The molecular weight excluding hydrogens is 364 g/mol. The fraction of sp³-hybridized carbons (Fsp3) is 0.429. The number of ether oxygens (including phenoxy) is 2.